The molecular formula is C18H20ClFN2O4. The molecule has 2 rings (SSSR count). The maximum absolute atomic E-state index is 13.4. The van der Waals surface area contributed by atoms with Gasteiger partial charge in [0.15, 0.2) is 0 Å². The predicted octanol–water partition coefficient (Wildman–Crippen LogP) is 2.77. The zero-order valence-corrected chi connectivity index (χ0v) is 14.6. The Hall–Kier alpha value is -2.35. The first kappa shape index (κ1) is 20.0. The fourth-order valence-electron chi connectivity index (χ4n) is 2.31. The monoisotopic (exact) mass is 382 g/mol. The molecule has 0 aromatic heterocycles. The molecule has 2 aromatic rings. The van der Waals surface area contributed by atoms with E-state index in [1.54, 1.807) is 0 Å². The van der Waals surface area contributed by atoms with Crippen molar-refractivity contribution in [1.29, 1.82) is 0 Å². The van der Waals surface area contributed by atoms with Crippen LogP contribution >= 0.6 is 11.6 Å². The maximum atomic E-state index is 13.4. The highest BCUT2D eigenvalue weighted by molar-refractivity contribution is 6.33. The molecule has 0 fully saturated rings. The fraction of sp³-hybridized carbons (Fsp3) is 0.278. The summed E-state index contributed by atoms with van der Waals surface area (Å²) < 4.78 is 18.4. The van der Waals surface area contributed by atoms with Crippen LogP contribution in [-0.4, -0.2) is 29.0 Å². The van der Waals surface area contributed by atoms with Crippen LogP contribution < -0.4 is 11.1 Å². The van der Waals surface area contributed by atoms with Crippen molar-refractivity contribution in [2.75, 3.05) is 12.3 Å². The Morgan fingerprint density at radius 2 is 1.96 bits per heavy atom. The number of halogens is 2. The van der Waals surface area contributed by atoms with Crippen LogP contribution in [0.2, 0.25) is 5.02 Å². The van der Waals surface area contributed by atoms with Gasteiger partial charge < -0.3 is 26.0 Å². The van der Waals surface area contributed by atoms with Crippen LogP contribution in [0.5, 0.6) is 0 Å². The SMILES string of the molecule is Nc1c(Cl)cc(F)cc1C(O)C(O)CCNC(=O)OCc1ccccc1. The van der Waals surface area contributed by atoms with E-state index in [-0.39, 0.29) is 35.8 Å². The van der Waals surface area contributed by atoms with Crippen molar-refractivity contribution < 1.29 is 24.1 Å². The molecule has 0 spiro atoms. The molecule has 8 heteroatoms. The highest BCUT2D eigenvalue weighted by Crippen LogP contribution is 2.31. The lowest BCUT2D eigenvalue weighted by atomic mass is 10.0. The molecular weight excluding hydrogens is 363 g/mol. The van der Waals surface area contributed by atoms with Crippen LogP contribution in [0.25, 0.3) is 0 Å². The number of nitrogens with one attached hydrogen (secondary N) is 1. The number of carbonyl (C=O) groups excluding carboxylic acids is 1. The number of rotatable bonds is 7. The van der Waals surface area contributed by atoms with Gasteiger partial charge in [-0.2, -0.15) is 0 Å². The summed E-state index contributed by atoms with van der Waals surface area (Å²) in [6.45, 7) is 0.172. The molecule has 0 radical (unpaired) electrons. The maximum Gasteiger partial charge on any atom is 0.407 e. The minimum absolute atomic E-state index is 0.00477. The Labute approximate surface area is 155 Å². The number of hydrogen-bond acceptors (Lipinski definition) is 5. The van der Waals surface area contributed by atoms with Crippen LogP contribution in [0.1, 0.15) is 23.7 Å². The molecule has 0 bridgehead atoms. The quantitative estimate of drug-likeness (QED) is 0.551. The molecule has 140 valence electrons. The number of ether oxygens (including phenoxy) is 1. The third-order valence-electron chi connectivity index (χ3n) is 3.73. The third kappa shape index (κ3) is 5.59. The Morgan fingerprint density at radius 3 is 2.65 bits per heavy atom. The number of nitrogens with two attached hydrogens (primary N) is 1. The number of alkyl carbamates (subject to hydrolysis) is 1. The minimum Gasteiger partial charge on any atom is -0.445 e. The van der Waals surface area contributed by atoms with Crippen LogP contribution in [-0.2, 0) is 11.3 Å². The van der Waals surface area contributed by atoms with Crippen molar-refractivity contribution in [3.05, 3.63) is 64.4 Å². The summed E-state index contributed by atoms with van der Waals surface area (Å²) in [5.41, 5.74) is 6.54. The summed E-state index contributed by atoms with van der Waals surface area (Å²) in [5, 5.41) is 22.6. The Kier molecular flexibility index (Phi) is 7.20. The number of benzene rings is 2. The van der Waals surface area contributed by atoms with E-state index in [0.717, 1.165) is 17.7 Å². The molecule has 1 amide bonds. The van der Waals surface area contributed by atoms with Gasteiger partial charge >= 0.3 is 6.09 Å². The Bertz CT molecular complexity index is 745. The van der Waals surface area contributed by atoms with Gasteiger partial charge in [0.1, 0.15) is 18.5 Å². The van der Waals surface area contributed by atoms with E-state index in [1.165, 1.54) is 0 Å². The second-order valence-electron chi connectivity index (χ2n) is 5.68. The molecule has 0 aliphatic rings. The molecule has 0 saturated carbocycles. The van der Waals surface area contributed by atoms with E-state index in [0.29, 0.717) is 0 Å². The predicted molar refractivity (Wildman–Crippen MR) is 96.0 cm³/mol. The van der Waals surface area contributed by atoms with Gasteiger partial charge in [-0.1, -0.05) is 41.9 Å². The lowest BCUT2D eigenvalue weighted by molar-refractivity contribution is 0.0139. The highest BCUT2D eigenvalue weighted by atomic mass is 35.5. The lowest BCUT2D eigenvalue weighted by Crippen LogP contribution is -2.30. The van der Waals surface area contributed by atoms with Crippen LogP contribution in [0.15, 0.2) is 42.5 Å². The first-order valence-corrected chi connectivity index (χ1v) is 8.31. The average molecular weight is 383 g/mol. The molecule has 6 nitrogen and oxygen atoms in total. The number of aliphatic hydroxyl groups excluding tert-OH is 2. The summed E-state index contributed by atoms with van der Waals surface area (Å²) in [7, 11) is 0. The molecule has 2 atom stereocenters. The van der Waals surface area contributed by atoms with Gasteiger partial charge in [-0.25, -0.2) is 9.18 Å². The molecule has 0 aliphatic carbocycles. The van der Waals surface area contributed by atoms with Crippen molar-refractivity contribution in [1.82, 2.24) is 5.32 Å². The standard InChI is InChI=1S/C18H20ClFN2O4/c19-14-9-12(20)8-13(16(14)21)17(24)15(23)6-7-22-18(25)26-10-11-4-2-1-3-5-11/h1-5,8-9,15,17,23-24H,6-7,10,21H2,(H,22,25). The molecule has 2 unspecified atom stereocenters. The fourth-order valence-corrected chi connectivity index (χ4v) is 2.52. The van der Waals surface area contributed by atoms with Crippen molar-refractivity contribution in [2.45, 2.75) is 25.2 Å². The van der Waals surface area contributed by atoms with Crippen molar-refractivity contribution in [3.8, 4) is 0 Å². The average Bonchev–Trinajstić information content (AvgIpc) is 2.63. The molecule has 26 heavy (non-hydrogen) atoms. The summed E-state index contributed by atoms with van der Waals surface area (Å²) in [4.78, 5) is 11.6. The zero-order valence-electron chi connectivity index (χ0n) is 13.9. The van der Waals surface area contributed by atoms with E-state index in [1.807, 2.05) is 30.3 Å². The summed E-state index contributed by atoms with van der Waals surface area (Å²) >= 11 is 5.77. The van der Waals surface area contributed by atoms with Gasteiger partial charge in [0.05, 0.1) is 16.8 Å². The largest absolute Gasteiger partial charge is 0.445 e. The number of amides is 1. The summed E-state index contributed by atoms with van der Waals surface area (Å²) in [6, 6.07) is 11.2. The van der Waals surface area contributed by atoms with Gasteiger partial charge in [-0.3, -0.25) is 0 Å². The van der Waals surface area contributed by atoms with E-state index in [2.05, 4.69) is 5.32 Å². The van der Waals surface area contributed by atoms with Gasteiger partial charge in [-0.05, 0) is 24.1 Å². The number of hydrogen-bond donors (Lipinski definition) is 4. The van der Waals surface area contributed by atoms with E-state index >= 15 is 0 Å². The topological polar surface area (TPSA) is 105 Å². The van der Waals surface area contributed by atoms with Crippen LogP contribution in [0.3, 0.4) is 0 Å². The number of nitrogen functional groups attached to an aromatic ring is 1. The molecule has 0 saturated heterocycles. The van der Waals surface area contributed by atoms with Crippen molar-refractivity contribution >= 4 is 23.4 Å². The number of carbonyl (C=O) groups is 1. The number of anilines is 1. The lowest BCUT2D eigenvalue weighted by Gasteiger charge is -2.20. The van der Waals surface area contributed by atoms with Gasteiger partial charge in [0.25, 0.3) is 0 Å². The third-order valence-corrected chi connectivity index (χ3v) is 4.04. The molecule has 0 heterocycles. The molecule has 0 aliphatic heterocycles. The minimum atomic E-state index is -1.44. The molecule has 2 aromatic carbocycles. The van der Waals surface area contributed by atoms with Crippen LogP contribution in [0, 0.1) is 5.82 Å². The highest BCUT2D eigenvalue weighted by Gasteiger charge is 2.22. The van der Waals surface area contributed by atoms with E-state index < -0.39 is 24.1 Å². The smallest absolute Gasteiger partial charge is 0.407 e. The number of aliphatic hydroxyl groups is 2. The van der Waals surface area contributed by atoms with Crippen molar-refractivity contribution in [2.24, 2.45) is 0 Å². The normalized spacial score (nSPS) is 13.1. The Balaban J connectivity index is 1.79. The Morgan fingerprint density at radius 1 is 1.27 bits per heavy atom. The van der Waals surface area contributed by atoms with E-state index in [9.17, 15) is 19.4 Å². The van der Waals surface area contributed by atoms with Gasteiger partial charge in [-0.15, -0.1) is 0 Å². The second kappa shape index (κ2) is 9.38. The second-order valence-corrected chi connectivity index (χ2v) is 6.09. The first-order chi connectivity index (χ1) is 12.4. The summed E-state index contributed by atoms with van der Waals surface area (Å²) in [5.74, 6) is -0.673. The zero-order chi connectivity index (χ0) is 19.1. The van der Waals surface area contributed by atoms with Crippen molar-refractivity contribution in [3.63, 3.8) is 0 Å². The first-order valence-electron chi connectivity index (χ1n) is 7.93. The van der Waals surface area contributed by atoms with E-state index in [4.69, 9.17) is 22.1 Å². The van der Waals surface area contributed by atoms with Gasteiger partial charge in [0.2, 0.25) is 0 Å². The van der Waals surface area contributed by atoms with Gasteiger partial charge in [0, 0.05) is 12.1 Å². The summed E-state index contributed by atoms with van der Waals surface area (Å²) in [6.07, 6.45) is -3.35. The van der Waals surface area contributed by atoms with Crippen LogP contribution in [0.4, 0.5) is 14.9 Å². The molecule has 5 N–H and O–H groups in total.